The Morgan fingerprint density at radius 1 is 1.00 bits per heavy atom. The highest BCUT2D eigenvalue weighted by molar-refractivity contribution is 6.31. The van der Waals surface area contributed by atoms with E-state index in [9.17, 15) is 14.9 Å². The van der Waals surface area contributed by atoms with Gasteiger partial charge in [0.1, 0.15) is 5.15 Å². The second-order valence-corrected chi connectivity index (χ2v) is 6.59. The topological polar surface area (TPSA) is 73.1 Å². The van der Waals surface area contributed by atoms with Gasteiger partial charge in [-0.3, -0.25) is 14.9 Å². The number of non-ortho nitro benzene ring substituents is 1. The molecule has 1 heterocycles. The summed E-state index contributed by atoms with van der Waals surface area (Å²) in [5.41, 5.74) is 1.73. The minimum atomic E-state index is -0.506. The number of carbonyl (C=O) groups is 1. The van der Waals surface area contributed by atoms with Gasteiger partial charge < -0.3 is 0 Å². The van der Waals surface area contributed by atoms with Gasteiger partial charge in [0, 0.05) is 34.0 Å². The van der Waals surface area contributed by atoms with Crippen LogP contribution in [0, 0.1) is 10.1 Å². The van der Waals surface area contributed by atoms with Crippen LogP contribution in [0.3, 0.4) is 0 Å². The van der Waals surface area contributed by atoms with Crippen LogP contribution in [0.1, 0.15) is 15.9 Å². The van der Waals surface area contributed by atoms with E-state index in [4.69, 9.17) is 11.6 Å². The molecule has 0 aliphatic heterocycles. The molecule has 0 saturated carbocycles. The van der Waals surface area contributed by atoms with E-state index in [1.54, 1.807) is 6.08 Å². The molecule has 3 aromatic carbocycles. The standard InChI is InChI=1S/C22H13ClN2O3/c23-22-17(9-12-20(26)15-7-10-18(11-8-15)25(27)28)13-16-6-5-14-3-1-2-4-19(14)21(16)24-22/h1-13H/b12-9+. The first-order chi connectivity index (χ1) is 13.5. The number of rotatable bonds is 4. The number of aromatic nitrogens is 1. The fourth-order valence-corrected chi connectivity index (χ4v) is 3.23. The molecule has 0 aliphatic rings. The molecule has 5 nitrogen and oxygen atoms in total. The van der Waals surface area contributed by atoms with Crippen LogP contribution in [0.2, 0.25) is 5.15 Å². The van der Waals surface area contributed by atoms with E-state index < -0.39 is 4.92 Å². The highest BCUT2D eigenvalue weighted by atomic mass is 35.5. The van der Waals surface area contributed by atoms with Gasteiger partial charge in [-0.25, -0.2) is 4.98 Å². The maximum atomic E-state index is 12.3. The summed E-state index contributed by atoms with van der Waals surface area (Å²) in [6.07, 6.45) is 2.99. The van der Waals surface area contributed by atoms with E-state index in [1.807, 2.05) is 42.5 Å². The molecule has 0 bridgehead atoms. The lowest BCUT2D eigenvalue weighted by atomic mass is 10.0. The van der Waals surface area contributed by atoms with Crippen LogP contribution >= 0.6 is 11.6 Å². The Morgan fingerprint density at radius 3 is 2.46 bits per heavy atom. The molecule has 0 fully saturated rings. The van der Waals surface area contributed by atoms with Crippen molar-refractivity contribution in [3.05, 3.63) is 99.2 Å². The number of pyridine rings is 1. The van der Waals surface area contributed by atoms with E-state index in [0.717, 1.165) is 21.7 Å². The Hall–Kier alpha value is -3.57. The first kappa shape index (κ1) is 17.8. The Labute approximate surface area is 165 Å². The van der Waals surface area contributed by atoms with E-state index in [0.29, 0.717) is 16.3 Å². The molecule has 0 saturated heterocycles. The maximum Gasteiger partial charge on any atom is 0.269 e. The smallest absolute Gasteiger partial charge is 0.269 e. The molecule has 0 spiro atoms. The van der Waals surface area contributed by atoms with E-state index in [2.05, 4.69) is 4.98 Å². The molecule has 0 amide bonds. The SMILES string of the molecule is O=C(/C=C/c1cc2ccc3ccccc3c2nc1Cl)c1ccc([N+](=O)[O-])cc1. The molecular formula is C22H13ClN2O3. The molecule has 28 heavy (non-hydrogen) atoms. The third-order valence-electron chi connectivity index (χ3n) is 4.47. The van der Waals surface area contributed by atoms with E-state index in [1.165, 1.54) is 30.3 Å². The average molecular weight is 389 g/mol. The number of nitro groups is 1. The molecule has 6 heteroatoms. The molecule has 4 rings (SSSR count). The van der Waals surface area contributed by atoms with Gasteiger partial charge in [-0.1, -0.05) is 48.0 Å². The number of ketones is 1. The van der Waals surface area contributed by atoms with E-state index >= 15 is 0 Å². The van der Waals surface area contributed by atoms with Crippen molar-refractivity contribution in [2.45, 2.75) is 0 Å². The van der Waals surface area contributed by atoms with Crippen molar-refractivity contribution in [1.82, 2.24) is 4.98 Å². The zero-order chi connectivity index (χ0) is 19.7. The van der Waals surface area contributed by atoms with Gasteiger partial charge in [0.2, 0.25) is 0 Å². The second kappa shape index (κ2) is 7.21. The molecule has 136 valence electrons. The highest BCUT2D eigenvalue weighted by Gasteiger charge is 2.09. The predicted octanol–water partition coefficient (Wildman–Crippen LogP) is 5.85. The number of carbonyl (C=O) groups excluding carboxylic acids is 1. The third kappa shape index (κ3) is 3.35. The molecule has 0 atom stereocenters. The quantitative estimate of drug-likeness (QED) is 0.110. The summed E-state index contributed by atoms with van der Waals surface area (Å²) >= 11 is 6.34. The van der Waals surface area contributed by atoms with Crippen LogP contribution in [0.25, 0.3) is 27.8 Å². The fourth-order valence-electron chi connectivity index (χ4n) is 3.03. The zero-order valence-electron chi connectivity index (χ0n) is 14.5. The largest absolute Gasteiger partial charge is 0.289 e. The monoisotopic (exact) mass is 388 g/mol. The lowest BCUT2D eigenvalue weighted by Gasteiger charge is -2.06. The number of hydrogen-bond donors (Lipinski definition) is 0. The van der Waals surface area contributed by atoms with Crippen LogP contribution in [-0.4, -0.2) is 15.7 Å². The number of halogens is 1. The summed E-state index contributed by atoms with van der Waals surface area (Å²) in [4.78, 5) is 27.0. The summed E-state index contributed by atoms with van der Waals surface area (Å²) < 4.78 is 0. The predicted molar refractivity (Wildman–Crippen MR) is 111 cm³/mol. The molecular weight excluding hydrogens is 376 g/mol. The van der Waals surface area contributed by atoms with Gasteiger partial charge in [0.15, 0.2) is 5.78 Å². The van der Waals surface area contributed by atoms with Crippen molar-refractivity contribution in [3.63, 3.8) is 0 Å². The summed E-state index contributed by atoms with van der Waals surface area (Å²) in [6.45, 7) is 0. The van der Waals surface area contributed by atoms with Crippen LogP contribution in [-0.2, 0) is 0 Å². The van der Waals surface area contributed by atoms with Gasteiger partial charge >= 0.3 is 0 Å². The van der Waals surface area contributed by atoms with Gasteiger partial charge in [-0.2, -0.15) is 0 Å². The number of fused-ring (bicyclic) bond motifs is 3. The summed E-state index contributed by atoms with van der Waals surface area (Å²) in [5.74, 6) is -0.274. The fraction of sp³-hybridized carbons (Fsp3) is 0. The average Bonchev–Trinajstić information content (AvgIpc) is 2.72. The van der Waals surface area contributed by atoms with Crippen molar-refractivity contribution in [1.29, 1.82) is 0 Å². The molecule has 0 unspecified atom stereocenters. The normalized spacial score (nSPS) is 11.3. The highest BCUT2D eigenvalue weighted by Crippen LogP contribution is 2.28. The van der Waals surface area contributed by atoms with Crippen molar-refractivity contribution in [2.75, 3.05) is 0 Å². The van der Waals surface area contributed by atoms with Crippen LogP contribution in [0.4, 0.5) is 5.69 Å². The zero-order valence-corrected chi connectivity index (χ0v) is 15.3. The van der Waals surface area contributed by atoms with Crippen molar-refractivity contribution in [3.8, 4) is 0 Å². The lowest BCUT2D eigenvalue weighted by Crippen LogP contribution is -1.95. The van der Waals surface area contributed by atoms with Gasteiger partial charge in [-0.15, -0.1) is 0 Å². The van der Waals surface area contributed by atoms with Crippen LogP contribution < -0.4 is 0 Å². The van der Waals surface area contributed by atoms with E-state index in [-0.39, 0.29) is 11.5 Å². The molecule has 4 aromatic rings. The van der Waals surface area contributed by atoms with Crippen LogP contribution in [0.5, 0.6) is 0 Å². The van der Waals surface area contributed by atoms with Crippen molar-refractivity contribution >= 4 is 50.8 Å². The maximum absolute atomic E-state index is 12.3. The summed E-state index contributed by atoms with van der Waals surface area (Å²) in [5, 5.41) is 14.0. The lowest BCUT2D eigenvalue weighted by molar-refractivity contribution is -0.384. The van der Waals surface area contributed by atoms with Gasteiger partial charge in [0.25, 0.3) is 5.69 Å². The number of benzene rings is 3. The van der Waals surface area contributed by atoms with Crippen molar-refractivity contribution in [2.24, 2.45) is 0 Å². The van der Waals surface area contributed by atoms with Gasteiger partial charge in [-0.05, 0) is 35.7 Å². The molecule has 0 aliphatic carbocycles. The minimum absolute atomic E-state index is 0.0606. The number of allylic oxidation sites excluding steroid dienone is 1. The summed E-state index contributed by atoms with van der Waals surface area (Å²) in [7, 11) is 0. The Kier molecular flexibility index (Phi) is 4.59. The Bertz CT molecular complexity index is 1260. The number of nitrogens with zero attached hydrogens (tertiary/aromatic N) is 2. The Morgan fingerprint density at radius 2 is 1.71 bits per heavy atom. The third-order valence-corrected chi connectivity index (χ3v) is 4.77. The van der Waals surface area contributed by atoms with Crippen molar-refractivity contribution < 1.29 is 9.72 Å². The molecule has 1 aromatic heterocycles. The number of nitro benzene ring substituents is 1. The van der Waals surface area contributed by atoms with Crippen LogP contribution in [0.15, 0.2) is 72.8 Å². The Balaban J connectivity index is 1.67. The summed E-state index contributed by atoms with van der Waals surface area (Å²) in [6, 6.07) is 19.3. The first-order valence-electron chi connectivity index (χ1n) is 8.48. The van der Waals surface area contributed by atoms with Gasteiger partial charge in [0.05, 0.1) is 10.4 Å². The first-order valence-corrected chi connectivity index (χ1v) is 8.85. The number of hydrogen-bond acceptors (Lipinski definition) is 4. The molecule has 0 radical (unpaired) electrons. The molecule has 0 N–H and O–H groups in total. The minimum Gasteiger partial charge on any atom is -0.289 e. The second-order valence-electron chi connectivity index (χ2n) is 6.23.